The summed E-state index contributed by atoms with van der Waals surface area (Å²) in [6.07, 6.45) is 0. The van der Waals surface area contributed by atoms with Gasteiger partial charge in [0, 0.05) is 0 Å². The van der Waals surface area contributed by atoms with Crippen molar-refractivity contribution in [2.75, 3.05) is 0 Å². The predicted molar refractivity (Wildman–Crippen MR) is 30.2 cm³/mol. The molecule has 46 valence electrons. The normalized spacial score (nSPS) is 8.75. The van der Waals surface area contributed by atoms with Crippen molar-refractivity contribution in [2.45, 2.75) is 0 Å². The van der Waals surface area contributed by atoms with Crippen molar-refractivity contribution in [3.8, 4) is 0 Å². The van der Waals surface area contributed by atoms with Gasteiger partial charge in [0.2, 0.25) is 0 Å². The Kier molecular flexibility index (Phi) is 18.5. The van der Waals surface area contributed by atoms with Gasteiger partial charge in [0.25, 0.3) is 0 Å². The van der Waals surface area contributed by atoms with Crippen LogP contribution in [-0.2, 0) is 29.1 Å². The zero-order valence-electron chi connectivity index (χ0n) is 3.31. The second-order valence-corrected chi connectivity index (χ2v) is 3.48. The second kappa shape index (κ2) is 8.47. The van der Waals surface area contributed by atoms with Crippen LogP contribution >= 0.6 is 7.82 Å². The number of hydrogen-bond acceptors (Lipinski definition) is 2. The van der Waals surface area contributed by atoms with Gasteiger partial charge in [-0.3, -0.25) is 0 Å². The molecule has 0 aromatic heterocycles. The van der Waals surface area contributed by atoms with E-state index in [9.17, 15) is 4.57 Å². The Labute approximate surface area is 121 Å². The molecule has 0 fully saturated rings. The molecule has 0 aromatic carbocycles. The van der Waals surface area contributed by atoms with Crippen LogP contribution in [-0.4, -0.2) is 87.4 Å². The average molecular weight is 530 g/mol. The van der Waals surface area contributed by atoms with Crippen molar-refractivity contribution in [2.24, 2.45) is 0 Å². The van der Waals surface area contributed by atoms with Crippen molar-refractivity contribution in [1.82, 2.24) is 0 Å². The van der Waals surface area contributed by atoms with E-state index < -0.39 is 7.82 Å². The summed E-state index contributed by atoms with van der Waals surface area (Å²) in [4.78, 5) is 15.5. The maximum atomic E-state index is 9.50. The molecule has 0 saturated heterocycles. The van der Waals surface area contributed by atoms with Crippen molar-refractivity contribution in [1.29, 1.82) is 0 Å². The molecule has 0 atom stereocenters. The maximum absolute atomic E-state index is 9.50. The molecule has 0 saturated carbocycles. The van der Waals surface area contributed by atoms with Crippen LogP contribution in [0.5, 0.6) is 0 Å². The van der Waals surface area contributed by atoms with E-state index in [0.29, 0.717) is 0 Å². The molecular weight excluding hydrogens is 524 g/mol. The summed E-state index contributed by atoms with van der Waals surface area (Å²) < 4.78 is 13.2. The van der Waals surface area contributed by atoms with Crippen LogP contribution in [0.1, 0.15) is 0 Å². The molecular formula is H6BiKO4PTa. The summed E-state index contributed by atoms with van der Waals surface area (Å²) in [6.45, 7) is 0. The van der Waals surface area contributed by atoms with E-state index in [-0.39, 0.29) is 99.1 Å². The standard InChI is InChI=1S/Bi.K.H3O4P.Ta.4H/c;;1-5(2,3)4;;;;;/h;;(H3,1,2,3,4);;;;;/q;;;+1;;;;/p-1. The third kappa shape index (κ3) is 16.2. The average Bonchev–Trinajstić information content (AvgIpc) is 1.35. The van der Waals surface area contributed by atoms with E-state index in [1.54, 1.807) is 0 Å². The van der Waals surface area contributed by atoms with Crippen molar-refractivity contribution < 1.29 is 38.8 Å². The van der Waals surface area contributed by atoms with Gasteiger partial charge in [-0.25, -0.2) is 0 Å². The quantitative estimate of drug-likeness (QED) is 0.297. The minimum atomic E-state index is -4.10. The molecule has 8 heteroatoms. The first-order valence-electron chi connectivity index (χ1n) is 0.948. The molecule has 0 aliphatic heterocycles. The van der Waals surface area contributed by atoms with E-state index in [1.807, 2.05) is 0 Å². The summed E-state index contributed by atoms with van der Waals surface area (Å²) in [5, 5.41) is 0. The first-order valence-corrected chi connectivity index (χ1v) is 3.79. The van der Waals surface area contributed by atoms with Crippen molar-refractivity contribution >= 4 is 85.4 Å². The first kappa shape index (κ1) is 17.5. The summed E-state index contributed by atoms with van der Waals surface area (Å²) in [6, 6.07) is 0. The number of hydrogen-bond donors (Lipinski definition) is 2. The van der Waals surface area contributed by atoms with Gasteiger partial charge in [-0.1, -0.05) is 0 Å². The van der Waals surface area contributed by atoms with Crippen LogP contribution in [0.3, 0.4) is 0 Å². The molecule has 4 nitrogen and oxygen atoms in total. The zero-order valence-corrected chi connectivity index (χ0v) is 12.9. The van der Waals surface area contributed by atoms with Gasteiger partial charge >= 0.3 is 124 Å². The Morgan fingerprint density at radius 3 is 1.62 bits per heavy atom. The van der Waals surface area contributed by atoms with Gasteiger partial charge in [0.05, 0.1) is 0 Å². The van der Waals surface area contributed by atoms with Crippen molar-refractivity contribution in [3.63, 3.8) is 0 Å². The van der Waals surface area contributed by atoms with E-state index in [0.717, 1.165) is 0 Å². The topological polar surface area (TPSA) is 66.8 Å². The SMILES string of the molecule is O=P(O)(O)[O][Ta].[BiH3].[KH]. The molecule has 0 spiro atoms. The van der Waals surface area contributed by atoms with Crippen LogP contribution in [0, 0.1) is 0 Å². The first-order chi connectivity index (χ1) is 2.56. The van der Waals surface area contributed by atoms with Crippen LogP contribution in [0.25, 0.3) is 0 Å². The predicted octanol–water partition coefficient (Wildman–Crippen LogP) is -2.27. The van der Waals surface area contributed by atoms with E-state index in [2.05, 4.69) is 3.03 Å². The monoisotopic (exact) mass is 530 g/mol. The molecule has 0 unspecified atom stereocenters. The summed E-state index contributed by atoms with van der Waals surface area (Å²) in [5.74, 6) is 0. The molecule has 2 N–H and O–H groups in total. The fourth-order valence-corrected chi connectivity index (χ4v) is 0. The summed E-state index contributed by atoms with van der Waals surface area (Å²) in [5.41, 5.74) is 0. The van der Waals surface area contributed by atoms with Crippen LogP contribution < -0.4 is 0 Å². The minimum absolute atomic E-state index is 0. The van der Waals surface area contributed by atoms with E-state index >= 15 is 0 Å². The molecule has 0 amide bonds. The van der Waals surface area contributed by atoms with Crippen LogP contribution in [0.4, 0.5) is 0 Å². The van der Waals surface area contributed by atoms with E-state index in [4.69, 9.17) is 9.79 Å². The molecule has 0 radical (unpaired) electrons. The number of rotatable bonds is 1. The fraction of sp³-hybridized carbons (Fsp3) is 0. The Morgan fingerprint density at radius 2 is 1.62 bits per heavy atom. The molecule has 8 heavy (non-hydrogen) atoms. The molecule has 0 aliphatic carbocycles. The Bertz CT molecular complexity index is 80.1. The van der Waals surface area contributed by atoms with Gasteiger partial charge in [-0.15, -0.1) is 0 Å². The Morgan fingerprint density at radius 1 is 1.50 bits per heavy atom. The van der Waals surface area contributed by atoms with Gasteiger partial charge in [0.1, 0.15) is 0 Å². The molecule has 0 aromatic rings. The Hall–Kier alpha value is 3.37. The fourth-order valence-electron chi connectivity index (χ4n) is 0. The van der Waals surface area contributed by atoms with E-state index in [1.165, 1.54) is 0 Å². The van der Waals surface area contributed by atoms with Gasteiger partial charge < -0.3 is 0 Å². The Balaban J connectivity index is -0.000000125. The second-order valence-electron chi connectivity index (χ2n) is 0.572. The molecule has 0 aliphatic rings. The zero-order chi connectivity index (χ0) is 5.21. The van der Waals surface area contributed by atoms with Crippen LogP contribution in [0.15, 0.2) is 0 Å². The molecule has 0 rings (SSSR count). The van der Waals surface area contributed by atoms with Gasteiger partial charge in [-0.05, 0) is 0 Å². The summed E-state index contributed by atoms with van der Waals surface area (Å²) in [7, 11) is -4.10. The number of phosphoric acid groups is 1. The summed E-state index contributed by atoms with van der Waals surface area (Å²) >= 11 is 0.257. The third-order valence-electron chi connectivity index (χ3n) is 0.106. The van der Waals surface area contributed by atoms with Crippen LogP contribution in [0.2, 0.25) is 0 Å². The third-order valence-corrected chi connectivity index (χ3v) is 2.61. The van der Waals surface area contributed by atoms with Gasteiger partial charge in [0.15, 0.2) is 0 Å². The molecule has 0 heterocycles. The molecule has 0 bridgehead atoms. The van der Waals surface area contributed by atoms with Crippen molar-refractivity contribution in [3.05, 3.63) is 0 Å². The van der Waals surface area contributed by atoms with Gasteiger partial charge in [-0.2, -0.15) is 0 Å².